The van der Waals surface area contributed by atoms with Gasteiger partial charge in [0.25, 0.3) is 5.91 Å². The van der Waals surface area contributed by atoms with E-state index in [0.717, 1.165) is 45.0 Å². The Balaban J connectivity index is 1.55. The molecule has 7 nitrogen and oxygen atoms in total. The van der Waals surface area contributed by atoms with E-state index < -0.39 is 0 Å². The third-order valence-electron chi connectivity index (χ3n) is 4.75. The van der Waals surface area contributed by atoms with E-state index in [0.29, 0.717) is 23.5 Å². The number of anilines is 2. The standard InChI is InChI=1S/C21H29N5O2/c1-16(2)14-18(26-10-12-28-13-11-26)15-22-20-9-8-19(24-25-20)21(27)23-17-6-4-3-5-7-17/h3-9,16,18H,10-15H2,1-2H3,(H,22,25)(H,23,27). The predicted molar refractivity (Wildman–Crippen MR) is 111 cm³/mol. The van der Waals surface area contributed by atoms with E-state index in [9.17, 15) is 4.79 Å². The lowest BCUT2D eigenvalue weighted by Crippen LogP contribution is -2.47. The first-order valence-corrected chi connectivity index (χ1v) is 9.87. The zero-order valence-electron chi connectivity index (χ0n) is 16.6. The molecule has 1 amide bonds. The molecule has 0 aliphatic carbocycles. The normalized spacial score (nSPS) is 16.0. The number of nitrogens with one attached hydrogen (secondary N) is 2. The molecule has 1 atom stereocenters. The number of benzene rings is 1. The molecule has 1 aliphatic rings. The predicted octanol–water partition coefficient (Wildman–Crippen LogP) is 2.89. The largest absolute Gasteiger partial charge is 0.379 e. The minimum Gasteiger partial charge on any atom is -0.379 e. The number of para-hydroxylation sites is 1. The van der Waals surface area contributed by atoms with Gasteiger partial charge in [0.15, 0.2) is 5.69 Å². The molecule has 1 aromatic heterocycles. The molecule has 1 saturated heterocycles. The quantitative estimate of drug-likeness (QED) is 0.730. The van der Waals surface area contributed by atoms with Gasteiger partial charge >= 0.3 is 0 Å². The van der Waals surface area contributed by atoms with Gasteiger partial charge < -0.3 is 15.4 Å². The Kier molecular flexibility index (Phi) is 7.33. The van der Waals surface area contributed by atoms with Crippen LogP contribution in [0, 0.1) is 5.92 Å². The summed E-state index contributed by atoms with van der Waals surface area (Å²) in [7, 11) is 0. The van der Waals surface area contributed by atoms with Gasteiger partial charge in [-0.2, -0.15) is 0 Å². The number of ether oxygens (including phenoxy) is 1. The van der Waals surface area contributed by atoms with E-state index in [1.165, 1.54) is 0 Å². The van der Waals surface area contributed by atoms with Crippen molar-refractivity contribution in [2.45, 2.75) is 26.3 Å². The Bertz CT molecular complexity index is 730. The molecule has 1 unspecified atom stereocenters. The van der Waals surface area contributed by atoms with Crippen LogP contribution in [-0.2, 0) is 4.74 Å². The number of carbonyl (C=O) groups is 1. The average Bonchev–Trinajstić information content (AvgIpc) is 2.72. The van der Waals surface area contributed by atoms with E-state index in [-0.39, 0.29) is 5.91 Å². The van der Waals surface area contributed by atoms with Crippen molar-refractivity contribution < 1.29 is 9.53 Å². The monoisotopic (exact) mass is 383 g/mol. The number of amides is 1. The topological polar surface area (TPSA) is 79.4 Å². The summed E-state index contributed by atoms with van der Waals surface area (Å²) in [5, 5.41) is 14.4. The number of hydrogen-bond donors (Lipinski definition) is 2. The van der Waals surface area contributed by atoms with Gasteiger partial charge in [0.05, 0.1) is 13.2 Å². The number of hydrogen-bond acceptors (Lipinski definition) is 6. The third kappa shape index (κ3) is 6.00. The molecule has 3 rings (SSSR count). The minimum absolute atomic E-state index is 0.267. The first kappa shape index (κ1) is 20.2. The number of carbonyl (C=O) groups excluding carboxylic acids is 1. The van der Waals surface area contributed by atoms with Crippen LogP contribution in [0.2, 0.25) is 0 Å². The number of rotatable bonds is 8. The van der Waals surface area contributed by atoms with Crippen LogP contribution < -0.4 is 10.6 Å². The van der Waals surface area contributed by atoms with Gasteiger partial charge in [0.1, 0.15) is 5.82 Å². The molecule has 0 spiro atoms. The molecule has 150 valence electrons. The van der Waals surface area contributed by atoms with Crippen molar-refractivity contribution in [3.8, 4) is 0 Å². The molecule has 0 radical (unpaired) electrons. The second-order valence-electron chi connectivity index (χ2n) is 7.44. The SMILES string of the molecule is CC(C)CC(CNc1ccc(C(=O)Nc2ccccc2)nn1)N1CCOCC1. The fourth-order valence-electron chi connectivity index (χ4n) is 3.33. The summed E-state index contributed by atoms with van der Waals surface area (Å²) < 4.78 is 5.47. The molecular weight excluding hydrogens is 354 g/mol. The van der Waals surface area contributed by atoms with Gasteiger partial charge in [-0.05, 0) is 36.6 Å². The molecule has 2 aromatic rings. The second-order valence-corrected chi connectivity index (χ2v) is 7.44. The van der Waals surface area contributed by atoms with Crippen molar-refractivity contribution in [2.24, 2.45) is 5.92 Å². The first-order valence-electron chi connectivity index (χ1n) is 9.87. The molecule has 28 heavy (non-hydrogen) atoms. The summed E-state index contributed by atoms with van der Waals surface area (Å²) in [6, 6.07) is 13.2. The molecular formula is C21H29N5O2. The Morgan fingerprint density at radius 2 is 1.86 bits per heavy atom. The number of morpholine rings is 1. The van der Waals surface area contributed by atoms with Crippen LogP contribution in [0.4, 0.5) is 11.5 Å². The second kappa shape index (κ2) is 10.1. The lowest BCUT2D eigenvalue weighted by Gasteiger charge is -2.35. The summed E-state index contributed by atoms with van der Waals surface area (Å²) >= 11 is 0. The Morgan fingerprint density at radius 1 is 1.11 bits per heavy atom. The van der Waals surface area contributed by atoms with Gasteiger partial charge in [-0.15, -0.1) is 10.2 Å². The van der Waals surface area contributed by atoms with Crippen molar-refractivity contribution in [1.29, 1.82) is 0 Å². The summed E-state index contributed by atoms with van der Waals surface area (Å²) in [6.45, 7) is 8.79. The van der Waals surface area contributed by atoms with E-state index in [1.807, 2.05) is 30.3 Å². The van der Waals surface area contributed by atoms with Gasteiger partial charge in [-0.3, -0.25) is 9.69 Å². The highest BCUT2D eigenvalue weighted by Gasteiger charge is 2.22. The van der Waals surface area contributed by atoms with Gasteiger partial charge in [0.2, 0.25) is 0 Å². The number of nitrogens with zero attached hydrogens (tertiary/aromatic N) is 3. The first-order chi connectivity index (χ1) is 13.6. The molecule has 0 saturated carbocycles. The Morgan fingerprint density at radius 3 is 2.50 bits per heavy atom. The molecule has 1 aliphatic heterocycles. The van der Waals surface area contributed by atoms with Crippen LogP contribution in [-0.4, -0.2) is 59.9 Å². The zero-order valence-corrected chi connectivity index (χ0v) is 16.6. The average molecular weight is 383 g/mol. The van der Waals surface area contributed by atoms with Crippen molar-refractivity contribution in [2.75, 3.05) is 43.5 Å². The van der Waals surface area contributed by atoms with E-state index in [1.54, 1.807) is 12.1 Å². The van der Waals surface area contributed by atoms with Crippen LogP contribution in [0.5, 0.6) is 0 Å². The minimum atomic E-state index is -0.267. The zero-order chi connectivity index (χ0) is 19.8. The van der Waals surface area contributed by atoms with Crippen molar-refractivity contribution >= 4 is 17.4 Å². The van der Waals surface area contributed by atoms with Crippen LogP contribution >= 0.6 is 0 Å². The highest BCUT2D eigenvalue weighted by molar-refractivity contribution is 6.02. The molecule has 2 N–H and O–H groups in total. The third-order valence-corrected chi connectivity index (χ3v) is 4.75. The maximum Gasteiger partial charge on any atom is 0.276 e. The maximum absolute atomic E-state index is 12.3. The summed E-state index contributed by atoms with van der Waals surface area (Å²) in [6.07, 6.45) is 1.11. The van der Waals surface area contributed by atoms with Crippen molar-refractivity contribution in [1.82, 2.24) is 15.1 Å². The van der Waals surface area contributed by atoms with Gasteiger partial charge in [0, 0.05) is 31.4 Å². The van der Waals surface area contributed by atoms with Crippen LogP contribution in [0.3, 0.4) is 0 Å². The van der Waals surface area contributed by atoms with E-state index in [2.05, 4.69) is 39.6 Å². The highest BCUT2D eigenvalue weighted by atomic mass is 16.5. The van der Waals surface area contributed by atoms with Crippen molar-refractivity contribution in [3.05, 3.63) is 48.2 Å². The summed E-state index contributed by atoms with van der Waals surface area (Å²) in [5.74, 6) is 1.03. The highest BCUT2D eigenvalue weighted by Crippen LogP contribution is 2.15. The molecule has 7 heteroatoms. The van der Waals surface area contributed by atoms with Crippen LogP contribution in [0.15, 0.2) is 42.5 Å². The smallest absolute Gasteiger partial charge is 0.276 e. The summed E-state index contributed by atoms with van der Waals surface area (Å²) in [5.41, 5.74) is 1.03. The summed E-state index contributed by atoms with van der Waals surface area (Å²) in [4.78, 5) is 14.7. The van der Waals surface area contributed by atoms with Crippen molar-refractivity contribution in [3.63, 3.8) is 0 Å². The molecule has 1 fully saturated rings. The van der Waals surface area contributed by atoms with E-state index in [4.69, 9.17) is 4.74 Å². The van der Waals surface area contributed by atoms with Gasteiger partial charge in [-0.25, -0.2) is 0 Å². The fraction of sp³-hybridized carbons (Fsp3) is 0.476. The number of aromatic nitrogens is 2. The lowest BCUT2D eigenvalue weighted by atomic mass is 10.0. The molecule has 1 aromatic carbocycles. The molecule has 0 bridgehead atoms. The maximum atomic E-state index is 12.3. The lowest BCUT2D eigenvalue weighted by molar-refractivity contribution is 0.0150. The molecule has 2 heterocycles. The van der Waals surface area contributed by atoms with Crippen LogP contribution in [0.25, 0.3) is 0 Å². The Hall–Kier alpha value is -2.51. The van der Waals surface area contributed by atoms with E-state index >= 15 is 0 Å². The van der Waals surface area contributed by atoms with Crippen LogP contribution in [0.1, 0.15) is 30.8 Å². The fourth-order valence-corrected chi connectivity index (χ4v) is 3.33. The Labute approximate surface area is 166 Å². The van der Waals surface area contributed by atoms with Gasteiger partial charge in [-0.1, -0.05) is 32.0 Å².